The van der Waals surface area contributed by atoms with Crippen molar-refractivity contribution < 1.29 is 9.85 Å². The van der Waals surface area contributed by atoms with Crippen LogP contribution < -0.4 is 0 Å². The third-order valence-corrected chi connectivity index (χ3v) is 4.20. The highest BCUT2D eigenvalue weighted by Gasteiger charge is 2.21. The van der Waals surface area contributed by atoms with E-state index in [0.717, 1.165) is 6.07 Å². The van der Waals surface area contributed by atoms with Gasteiger partial charge in [-0.25, -0.2) is 0 Å². The Labute approximate surface area is 118 Å². The molecule has 1 aromatic carbocycles. The van der Waals surface area contributed by atoms with E-state index in [0.29, 0.717) is 9.93 Å². The number of nitro benzene ring substituents is 2. The van der Waals surface area contributed by atoms with Crippen molar-refractivity contribution in [2.24, 2.45) is 0 Å². The largest absolute Gasteiger partial charge is 0.289 e. The summed E-state index contributed by atoms with van der Waals surface area (Å²) in [5.74, 6) is 0. The molecule has 0 saturated carbocycles. The van der Waals surface area contributed by atoms with E-state index in [1.807, 2.05) is 0 Å². The molecule has 0 amide bonds. The molecule has 1 aromatic rings. The minimum Gasteiger partial charge on any atom is -0.258 e. The number of thioether (sulfide) groups is 1. The molecule has 0 aliphatic rings. The molecular formula is C11H11ClN2O4S. The van der Waals surface area contributed by atoms with Gasteiger partial charge in [0.05, 0.1) is 20.8 Å². The summed E-state index contributed by atoms with van der Waals surface area (Å²) < 4.78 is 0. The fraction of sp³-hybridized carbons (Fsp3) is 0.273. The van der Waals surface area contributed by atoms with Crippen LogP contribution in [0.5, 0.6) is 0 Å². The summed E-state index contributed by atoms with van der Waals surface area (Å²) in [7, 11) is 0. The van der Waals surface area contributed by atoms with E-state index in [1.54, 1.807) is 19.9 Å². The fourth-order valence-corrected chi connectivity index (χ4v) is 2.51. The summed E-state index contributed by atoms with van der Waals surface area (Å²) in [5, 5.41) is 22.0. The van der Waals surface area contributed by atoms with Gasteiger partial charge >= 0.3 is 0 Å². The van der Waals surface area contributed by atoms with Crippen molar-refractivity contribution in [3.05, 3.63) is 49.5 Å². The van der Waals surface area contributed by atoms with Crippen molar-refractivity contribution in [3.63, 3.8) is 0 Å². The molecule has 8 heteroatoms. The van der Waals surface area contributed by atoms with Gasteiger partial charge in [-0.05, 0) is 19.9 Å². The molecule has 0 aliphatic carbocycles. The van der Waals surface area contributed by atoms with E-state index in [9.17, 15) is 20.2 Å². The molecule has 0 aliphatic heterocycles. The molecule has 0 radical (unpaired) electrons. The molecule has 0 saturated heterocycles. The number of nitrogens with zero attached hydrogens (tertiary/aromatic N) is 2. The second kappa shape index (κ2) is 6.53. The van der Waals surface area contributed by atoms with Crippen molar-refractivity contribution in [3.8, 4) is 0 Å². The third kappa shape index (κ3) is 3.93. The van der Waals surface area contributed by atoms with Gasteiger partial charge in [0.1, 0.15) is 0 Å². The highest BCUT2D eigenvalue weighted by molar-refractivity contribution is 8.00. The predicted molar refractivity (Wildman–Crippen MR) is 74.7 cm³/mol. The molecule has 19 heavy (non-hydrogen) atoms. The molecule has 1 rings (SSSR count). The van der Waals surface area contributed by atoms with Gasteiger partial charge in [0.2, 0.25) is 0 Å². The number of hydrogen-bond acceptors (Lipinski definition) is 5. The molecule has 1 unspecified atom stereocenters. The van der Waals surface area contributed by atoms with Gasteiger partial charge in [-0.1, -0.05) is 17.7 Å². The smallest absolute Gasteiger partial charge is 0.258 e. The zero-order chi connectivity index (χ0) is 14.6. The first kappa shape index (κ1) is 15.5. The first-order valence-electron chi connectivity index (χ1n) is 5.28. The number of nitro groups is 2. The van der Waals surface area contributed by atoms with Gasteiger partial charge < -0.3 is 0 Å². The van der Waals surface area contributed by atoms with Gasteiger partial charge in [-0.15, -0.1) is 11.8 Å². The maximum Gasteiger partial charge on any atom is 0.289 e. The molecule has 1 atom stereocenters. The Morgan fingerprint density at radius 3 is 2.47 bits per heavy atom. The average molecular weight is 303 g/mol. The van der Waals surface area contributed by atoms with Crippen LogP contribution in [0.15, 0.2) is 34.2 Å². The Morgan fingerprint density at radius 1 is 1.37 bits per heavy atom. The molecule has 0 bridgehead atoms. The van der Waals surface area contributed by atoms with Crippen LogP contribution in [0.3, 0.4) is 0 Å². The number of hydrogen-bond donors (Lipinski definition) is 0. The van der Waals surface area contributed by atoms with E-state index in [4.69, 9.17) is 11.6 Å². The van der Waals surface area contributed by atoms with Crippen LogP contribution in [0.2, 0.25) is 0 Å². The van der Waals surface area contributed by atoms with E-state index in [-0.39, 0.29) is 16.6 Å². The minimum absolute atomic E-state index is 0.160. The molecule has 0 aromatic heterocycles. The summed E-state index contributed by atoms with van der Waals surface area (Å²) in [4.78, 5) is 20.6. The highest BCUT2D eigenvalue weighted by atomic mass is 35.5. The van der Waals surface area contributed by atoms with Crippen LogP contribution in [0.4, 0.5) is 11.4 Å². The average Bonchev–Trinajstić information content (AvgIpc) is 2.37. The quantitative estimate of drug-likeness (QED) is 0.464. The van der Waals surface area contributed by atoms with E-state index < -0.39 is 9.85 Å². The van der Waals surface area contributed by atoms with Crippen LogP contribution in [-0.4, -0.2) is 15.1 Å². The SMILES string of the molecule is CC=C(Cl)C(C)Sc1ccc([N+](=O)[O-])cc1[N+](=O)[O-]. The van der Waals surface area contributed by atoms with Crippen molar-refractivity contribution in [2.75, 3.05) is 0 Å². The second-order valence-corrected chi connectivity index (χ2v) is 5.42. The first-order chi connectivity index (χ1) is 8.86. The summed E-state index contributed by atoms with van der Waals surface area (Å²) in [6, 6.07) is 3.57. The lowest BCUT2D eigenvalue weighted by molar-refractivity contribution is -0.396. The second-order valence-electron chi connectivity index (χ2n) is 3.60. The molecule has 0 fully saturated rings. The zero-order valence-corrected chi connectivity index (χ0v) is 11.8. The fourth-order valence-electron chi connectivity index (χ4n) is 1.34. The van der Waals surface area contributed by atoms with Crippen molar-refractivity contribution in [2.45, 2.75) is 24.0 Å². The van der Waals surface area contributed by atoms with Crippen LogP contribution >= 0.6 is 23.4 Å². The Bertz CT molecular complexity index is 547. The molecule has 0 spiro atoms. The lowest BCUT2D eigenvalue weighted by atomic mass is 10.3. The molecule has 0 heterocycles. The molecule has 0 N–H and O–H groups in total. The Morgan fingerprint density at radius 2 is 2.00 bits per heavy atom. The van der Waals surface area contributed by atoms with Gasteiger partial charge in [-0.3, -0.25) is 20.2 Å². The van der Waals surface area contributed by atoms with Gasteiger partial charge in [0.25, 0.3) is 11.4 Å². The van der Waals surface area contributed by atoms with Gasteiger partial charge in [0, 0.05) is 16.3 Å². The number of non-ortho nitro benzene ring substituents is 1. The minimum atomic E-state index is -0.663. The van der Waals surface area contributed by atoms with E-state index >= 15 is 0 Å². The summed E-state index contributed by atoms with van der Waals surface area (Å²) in [5.41, 5.74) is -0.590. The number of halogens is 1. The predicted octanol–water partition coefficient (Wildman–Crippen LogP) is 4.13. The van der Waals surface area contributed by atoms with E-state index in [2.05, 4.69) is 0 Å². The monoisotopic (exact) mass is 302 g/mol. The van der Waals surface area contributed by atoms with Gasteiger partial charge in [0.15, 0.2) is 0 Å². The van der Waals surface area contributed by atoms with Gasteiger partial charge in [-0.2, -0.15) is 0 Å². The number of allylic oxidation sites excluding steroid dienone is 1. The maximum absolute atomic E-state index is 10.9. The third-order valence-electron chi connectivity index (χ3n) is 2.32. The molecular weight excluding hydrogens is 292 g/mol. The lowest BCUT2D eigenvalue weighted by Gasteiger charge is -2.09. The number of rotatable bonds is 5. The topological polar surface area (TPSA) is 86.3 Å². The Hall–Kier alpha value is -1.60. The van der Waals surface area contributed by atoms with Crippen LogP contribution in [0.1, 0.15) is 13.8 Å². The van der Waals surface area contributed by atoms with Crippen molar-refractivity contribution in [1.29, 1.82) is 0 Å². The standard InChI is InChI=1S/C11H11ClN2O4S/c1-3-9(12)7(2)19-11-5-4-8(13(15)16)6-10(11)14(17)18/h3-7H,1-2H3. The zero-order valence-electron chi connectivity index (χ0n) is 10.2. The summed E-state index contributed by atoms with van der Waals surface area (Å²) in [6.07, 6.45) is 1.70. The maximum atomic E-state index is 10.9. The number of benzene rings is 1. The summed E-state index contributed by atoms with van der Waals surface area (Å²) in [6.45, 7) is 3.57. The molecule has 6 nitrogen and oxygen atoms in total. The van der Waals surface area contributed by atoms with Crippen LogP contribution in [-0.2, 0) is 0 Å². The highest BCUT2D eigenvalue weighted by Crippen LogP contribution is 2.37. The Balaban J connectivity index is 3.14. The van der Waals surface area contributed by atoms with Crippen LogP contribution in [0.25, 0.3) is 0 Å². The van der Waals surface area contributed by atoms with Crippen LogP contribution in [0, 0.1) is 20.2 Å². The normalized spacial score (nSPS) is 13.1. The molecule has 102 valence electrons. The summed E-state index contributed by atoms with van der Waals surface area (Å²) >= 11 is 7.13. The van der Waals surface area contributed by atoms with Crippen molar-refractivity contribution in [1.82, 2.24) is 0 Å². The first-order valence-corrected chi connectivity index (χ1v) is 6.53. The lowest BCUT2D eigenvalue weighted by Crippen LogP contribution is -1.99. The van der Waals surface area contributed by atoms with Crippen molar-refractivity contribution >= 4 is 34.7 Å². The van der Waals surface area contributed by atoms with E-state index in [1.165, 1.54) is 23.9 Å². The Kier molecular flexibility index (Phi) is 5.31.